The van der Waals surface area contributed by atoms with Crippen LogP contribution in [0, 0.1) is 0 Å². The van der Waals surface area contributed by atoms with Crippen molar-refractivity contribution < 1.29 is 4.79 Å². The maximum atomic E-state index is 13.7. The number of rotatable bonds is 7. The number of piperazine rings is 1. The third-order valence-corrected chi connectivity index (χ3v) is 7.39. The van der Waals surface area contributed by atoms with E-state index in [0.717, 1.165) is 46.5 Å². The zero-order valence-electron chi connectivity index (χ0n) is 21.0. The van der Waals surface area contributed by atoms with Crippen LogP contribution in [0.25, 0.3) is 22.2 Å². The SMILES string of the molecule is CC(C)NC[C@@H](C(=O)N1CCN(c2c(-c3cccc(Cl)c3)cnc3[nH]ccc23)CC1)c1ccc(Cl)cc1. The molecular weight excluding hydrogens is 505 g/mol. The topological polar surface area (TPSA) is 64.3 Å². The molecule has 1 atom stereocenters. The predicted molar refractivity (Wildman–Crippen MR) is 153 cm³/mol. The molecule has 2 aromatic carbocycles. The average molecular weight is 537 g/mol. The molecule has 1 saturated heterocycles. The lowest BCUT2D eigenvalue weighted by molar-refractivity contribution is -0.133. The predicted octanol–water partition coefficient (Wildman–Crippen LogP) is 5.97. The van der Waals surface area contributed by atoms with Crippen LogP contribution in [0.1, 0.15) is 25.3 Å². The highest BCUT2D eigenvalue weighted by atomic mass is 35.5. The molecule has 37 heavy (non-hydrogen) atoms. The third kappa shape index (κ3) is 5.61. The number of hydrogen-bond donors (Lipinski definition) is 2. The van der Waals surface area contributed by atoms with E-state index in [1.165, 1.54) is 0 Å². The number of benzene rings is 2. The van der Waals surface area contributed by atoms with Gasteiger partial charge in [-0.05, 0) is 41.5 Å². The van der Waals surface area contributed by atoms with E-state index in [1.54, 1.807) is 0 Å². The summed E-state index contributed by atoms with van der Waals surface area (Å²) in [6.07, 6.45) is 3.83. The van der Waals surface area contributed by atoms with Crippen LogP contribution in [0.4, 0.5) is 5.69 Å². The van der Waals surface area contributed by atoms with Crippen molar-refractivity contribution in [3.8, 4) is 11.1 Å². The fraction of sp³-hybridized carbons (Fsp3) is 0.310. The van der Waals surface area contributed by atoms with Gasteiger partial charge in [0.05, 0.1) is 11.6 Å². The molecule has 5 rings (SSSR count). The molecule has 0 saturated carbocycles. The summed E-state index contributed by atoms with van der Waals surface area (Å²) in [7, 11) is 0. The second-order valence-electron chi connectivity index (χ2n) is 9.75. The van der Waals surface area contributed by atoms with Gasteiger partial charge in [0.15, 0.2) is 0 Å². The minimum atomic E-state index is -0.259. The summed E-state index contributed by atoms with van der Waals surface area (Å²) in [5.74, 6) is -0.114. The molecule has 0 aliphatic carbocycles. The summed E-state index contributed by atoms with van der Waals surface area (Å²) in [5.41, 5.74) is 5.02. The fourth-order valence-electron chi connectivity index (χ4n) is 4.97. The lowest BCUT2D eigenvalue weighted by Crippen LogP contribution is -2.51. The number of amides is 1. The molecule has 0 bridgehead atoms. The van der Waals surface area contributed by atoms with Crippen LogP contribution in [-0.2, 0) is 4.79 Å². The lowest BCUT2D eigenvalue weighted by Gasteiger charge is -2.38. The number of pyridine rings is 1. The average Bonchev–Trinajstić information content (AvgIpc) is 3.38. The Morgan fingerprint density at radius 2 is 1.78 bits per heavy atom. The van der Waals surface area contributed by atoms with Gasteiger partial charge in [-0.15, -0.1) is 0 Å². The highest BCUT2D eigenvalue weighted by Crippen LogP contribution is 2.37. The van der Waals surface area contributed by atoms with E-state index >= 15 is 0 Å². The Bertz CT molecular complexity index is 1380. The van der Waals surface area contributed by atoms with Crippen molar-refractivity contribution in [3.05, 3.63) is 82.6 Å². The minimum Gasteiger partial charge on any atom is -0.367 e. The Morgan fingerprint density at radius 3 is 2.49 bits per heavy atom. The summed E-state index contributed by atoms with van der Waals surface area (Å²) in [4.78, 5) is 26.0. The largest absolute Gasteiger partial charge is 0.367 e. The van der Waals surface area contributed by atoms with Crippen LogP contribution in [0.2, 0.25) is 10.0 Å². The van der Waals surface area contributed by atoms with Crippen molar-refractivity contribution >= 4 is 45.8 Å². The molecule has 0 spiro atoms. The number of fused-ring (bicyclic) bond motifs is 1. The van der Waals surface area contributed by atoms with Gasteiger partial charge in [0, 0.05) is 72.2 Å². The molecule has 192 valence electrons. The number of H-pyrrole nitrogens is 1. The fourth-order valence-corrected chi connectivity index (χ4v) is 5.29. The third-order valence-electron chi connectivity index (χ3n) is 6.90. The summed E-state index contributed by atoms with van der Waals surface area (Å²) >= 11 is 12.4. The smallest absolute Gasteiger partial charge is 0.231 e. The number of anilines is 1. The number of carbonyl (C=O) groups excluding carboxylic acids is 1. The number of nitrogens with one attached hydrogen (secondary N) is 2. The zero-order valence-corrected chi connectivity index (χ0v) is 22.6. The van der Waals surface area contributed by atoms with Gasteiger partial charge < -0.3 is 20.1 Å². The lowest BCUT2D eigenvalue weighted by atomic mass is 9.96. The van der Waals surface area contributed by atoms with E-state index in [1.807, 2.05) is 59.8 Å². The van der Waals surface area contributed by atoms with E-state index in [2.05, 4.69) is 46.2 Å². The van der Waals surface area contributed by atoms with Gasteiger partial charge >= 0.3 is 0 Å². The van der Waals surface area contributed by atoms with Crippen LogP contribution < -0.4 is 10.2 Å². The van der Waals surface area contributed by atoms with Crippen LogP contribution >= 0.6 is 23.2 Å². The summed E-state index contributed by atoms with van der Waals surface area (Å²) in [6.45, 7) is 7.53. The highest BCUT2D eigenvalue weighted by Gasteiger charge is 2.30. The van der Waals surface area contributed by atoms with E-state index in [0.29, 0.717) is 35.7 Å². The van der Waals surface area contributed by atoms with Crippen LogP contribution in [0.5, 0.6) is 0 Å². The normalized spacial score (nSPS) is 14.9. The van der Waals surface area contributed by atoms with E-state index in [4.69, 9.17) is 23.2 Å². The molecule has 0 radical (unpaired) electrons. The van der Waals surface area contributed by atoms with Crippen molar-refractivity contribution in [1.29, 1.82) is 0 Å². The molecule has 6 nitrogen and oxygen atoms in total. The van der Waals surface area contributed by atoms with Crippen molar-refractivity contribution in [2.75, 3.05) is 37.6 Å². The maximum absolute atomic E-state index is 13.7. The first kappa shape index (κ1) is 25.6. The second-order valence-corrected chi connectivity index (χ2v) is 10.6. The van der Waals surface area contributed by atoms with Gasteiger partial charge in [0.25, 0.3) is 0 Å². The second kappa shape index (κ2) is 11.1. The standard InChI is InChI=1S/C29H31Cl2N5O/c1-19(2)33-18-26(20-6-8-22(30)9-7-20)29(37)36-14-12-35(13-15-36)27-24-10-11-32-28(24)34-17-25(27)21-4-3-5-23(31)16-21/h3-11,16-17,19,26,33H,12-15,18H2,1-2H3,(H,32,34)/t26-/m1/s1. The Hall–Kier alpha value is -3.06. The van der Waals surface area contributed by atoms with Gasteiger partial charge in [-0.2, -0.15) is 0 Å². The molecule has 1 amide bonds. The van der Waals surface area contributed by atoms with Gasteiger partial charge in [-0.3, -0.25) is 4.79 Å². The molecule has 1 aliphatic rings. The van der Waals surface area contributed by atoms with Crippen molar-refractivity contribution in [2.24, 2.45) is 0 Å². The first-order valence-corrected chi connectivity index (χ1v) is 13.4. The van der Waals surface area contributed by atoms with Gasteiger partial charge in [-0.25, -0.2) is 4.98 Å². The Balaban J connectivity index is 1.39. The number of carbonyl (C=O) groups is 1. The summed E-state index contributed by atoms with van der Waals surface area (Å²) in [6, 6.07) is 17.9. The summed E-state index contributed by atoms with van der Waals surface area (Å²) in [5, 5.41) is 5.88. The molecule has 1 fully saturated rings. The van der Waals surface area contributed by atoms with Crippen LogP contribution in [0.3, 0.4) is 0 Å². The molecule has 8 heteroatoms. The number of nitrogens with zero attached hydrogens (tertiary/aromatic N) is 3. The first-order valence-electron chi connectivity index (χ1n) is 12.7. The van der Waals surface area contributed by atoms with Gasteiger partial charge in [0.1, 0.15) is 5.65 Å². The van der Waals surface area contributed by atoms with Crippen molar-refractivity contribution in [3.63, 3.8) is 0 Å². The number of aromatic nitrogens is 2. The maximum Gasteiger partial charge on any atom is 0.231 e. The van der Waals surface area contributed by atoms with Gasteiger partial charge in [0.2, 0.25) is 5.91 Å². The van der Waals surface area contributed by atoms with E-state index in [9.17, 15) is 4.79 Å². The molecule has 4 aromatic rings. The van der Waals surface area contributed by atoms with Gasteiger partial charge in [-0.1, -0.05) is 61.3 Å². The number of aromatic amines is 1. The van der Waals surface area contributed by atoms with E-state index < -0.39 is 0 Å². The highest BCUT2D eigenvalue weighted by molar-refractivity contribution is 6.31. The van der Waals surface area contributed by atoms with Crippen molar-refractivity contribution in [2.45, 2.75) is 25.8 Å². The summed E-state index contributed by atoms with van der Waals surface area (Å²) < 4.78 is 0. The zero-order chi connectivity index (χ0) is 25.9. The van der Waals surface area contributed by atoms with Crippen molar-refractivity contribution in [1.82, 2.24) is 20.2 Å². The minimum absolute atomic E-state index is 0.145. The van der Waals surface area contributed by atoms with Crippen LogP contribution in [0.15, 0.2) is 67.0 Å². The molecule has 1 aliphatic heterocycles. The molecule has 2 N–H and O–H groups in total. The molecule has 2 aromatic heterocycles. The Labute approximate surface area is 227 Å². The Kier molecular flexibility index (Phi) is 7.70. The first-order chi connectivity index (χ1) is 17.9. The van der Waals surface area contributed by atoms with Crippen LogP contribution in [-0.4, -0.2) is 59.5 Å². The molecule has 0 unspecified atom stereocenters. The number of halogens is 2. The molecular formula is C29H31Cl2N5O. The monoisotopic (exact) mass is 535 g/mol. The van der Waals surface area contributed by atoms with E-state index in [-0.39, 0.29) is 11.8 Å². The molecule has 3 heterocycles. The number of hydrogen-bond acceptors (Lipinski definition) is 4. The quantitative estimate of drug-likeness (QED) is 0.306. The Morgan fingerprint density at radius 1 is 1.03 bits per heavy atom.